The van der Waals surface area contributed by atoms with Crippen molar-refractivity contribution in [2.24, 2.45) is 0 Å². The van der Waals surface area contributed by atoms with E-state index in [0.717, 1.165) is 0 Å². The van der Waals surface area contributed by atoms with Crippen LogP contribution in [0, 0.1) is 11.9 Å². The minimum absolute atomic E-state index is 0.0579. The van der Waals surface area contributed by atoms with Gasteiger partial charge >= 0.3 is 0 Å². The van der Waals surface area contributed by atoms with Gasteiger partial charge in [0.1, 0.15) is 5.82 Å². The van der Waals surface area contributed by atoms with E-state index < -0.39 is 5.82 Å². The summed E-state index contributed by atoms with van der Waals surface area (Å²) in [5, 5.41) is 0. The molecule has 0 heterocycles. The van der Waals surface area contributed by atoms with Gasteiger partial charge in [0, 0.05) is 14.1 Å². The molecule has 0 spiro atoms. The van der Waals surface area contributed by atoms with E-state index in [2.05, 4.69) is 6.07 Å². The van der Waals surface area contributed by atoms with Crippen molar-refractivity contribution >= 4 is 5.91 Å². The van der Waals surface area contributed by atoms with Crippen LogP contribution in [0.4, 0.5) is 4.39 Å². The van der Waals surface area contributed by atoms with E-state index in [0.29, 0.717) is 0 Å². The molecule has 0 atom stereocenters. The maximum atomic E-state index is 12.9. The number of nitrogens with zero attached hydrogens (tertiary/aromatic N) is 1. The van der Waals surface area contributed by atoms with Gasteiger partial charge in [-0.3, -0.25) is 4.79 Å². The lowest BCUT2D eigenvalue weighted by Crippen LogP contribution is -2.22. The highest BCUT2D eigenvalue weighted by atomic mass is 19.1. The SMILES string of the molecule is CN(C)C(=O)c1c[c]ccc1F. The Kier molecular flexibility index (Phi) is 2.43. The lowest BCUT2D eigenvalue weighted by molar-refractivity contribution is 0.0823. The number of benzene rings is 1. The summed E-state index contributed by atoms with van der Waals surface area (Å²) in [6.45, 7) is 0. The monoisotopic (exact) mass is 166 g/mol. The van der Waals surface area contributed by atoms with Gasteiger partial charge in [-0.25, -0.2) is 4.39 Å². The maximum absolute atomic E-state index is 12.9. The van der Waals surface area contributed by atoms with Crippen LogP contribution in [-0.4, -0.2) is 24.9 Å². The van der Waals surface area contributed by atoms with E-state index in [1.165, 1.54) is 23.1 Å². The summed E-state index contributed by atoms with van der Waals surface area (Å²) in [4.78, 5) is 12.6. The van der Waals surface area contributed by atoms with Crippen LogP contribution in [-0.2, 0) is 0 Å². The van der Waals surface area contributed by atoms with Crippen LogP contribution in [0.25, 0.3) is 0 Å². The third-order valence-electron chi connectivity index (χ3n) is 1.45. The summed E-state index contributed by atoms with van der Waals surface area (Å²) in [5.41, 5.74) is 0.0579. The second-order valence-corrected chi connectivity index (χ2v) is 2.61. The number of amides is 1. The molecule has 63 valence electrons. The summed E-state index contributed by atoms with van der Waals surface area (Å²) in [6, 6.07) is 6.65. The lowest BCUT2D eigenvalue weighted by Gasteiger charge is -2.09. The van der Waals surface area contributed by atoms with Crippen molar-refractivity contribution in [2.45, 2.75) is 0 Å². The average Bonchev–Trinajstić information content (AvgIpc) is 2.04. The fourth-order valence-corrected chi connectivity index (χ4v) is 0.816. The van der Waals surface area contributed by atoms with Crippen LogP contribution in [0.2, 0.25) is 0 Å². The quantitative estimate of drug-likeness (QED) is 0.616. The molecule has 1 rings (SSSR count). The average molecular weight is 166 g/mol. The zero-order chi connectivity index (χ0) is 9.14. The van der Waals surface area contributed by atoms with Crippen molar-refractivity contribution < 1.29 is 9.18 Å². The Morgan fingerprint density at radius 1 is 1.58 bits per heavy atom. The van der Waals surface area contributed by atoms with Crippen molar-refractivity contribution in [1.82, 2.24) is 4.90 Å². The zero-order valence-corrected chi connectivity index (χ0v) is 6.97. The normalized spacial score (nSPS) is 9.58. The third kappa shape index (κ3) is 1.61. The van der Waals surface area contributed by atoms with Gasteiger partial charge in [-0.2, -0.15) is 0 Å². The Balaban J connectivity index is 3.03. The first-order chi connectivity index (χ1) is 5.63. The number of carbonyl (C=O) groups is 1. The summed E-state index contributed by atoms with van der Waals surface area (Å²) in [5.74, 6) is -0.850. The molecule has 1 aromatic rings. The fraction of sp³-hybridized carbons (Fsp3) is 0.222. The number of rotatable bonds is 1. The maximum Gasteiger partial charge on any atom is 0.256 e. The van der Waals surface area contributed by atoms with Crippen LogP contribution >= 0.6 is 0 Å². The van der Waals surface area contributed by atoms with Crippen LogP contribution < -0.4 is 0 Å². The van der Waals surface area contributed by atoms with E-state index in [4.69, 9.17) is 0 Å². The second kappa shape index (κ2) is 3.34. The van der Waals surface area contributed by atoms with Crippen LogP contribution in [0.3, 0.4) is 0 Å². The van der Waals surface area contributed by atoms with E-state index >= 15 is 0 Å². The van der Waals surface area contributed by atoms with Crippen molar-refractivity contribution in [1.29, 1.82) is 0 Å². The number of carbonyl (C=O) groups excluding carboxylic acids is 1. The molecule has 0 aliphatic rings. The molecule has 2 nitrogen and oxygen atoms in total. The van der Waals surface area contributed by atoms with Crippen molar-refractivity contribution in [2.75, 3.05) is 14.1 Å². The molecule has 0 saturated carbocycles. The lowest BCUT2D eigenvalue weighted by atomic mass is 10.2. The largest absolute Gasteiger partial charge is 0.345 e. The highest BCUT2D eigenvalue weighted by molar-refractivity contribution is 5.94. The molecule has 0 aromatic heterocycles. The Labute approximate surface area is 70.6 Å². The first-order valence-corrected chi connectivity index (χ1v) is 3.50. The molecular weight excluding hydrogens is 157 g/mol. The Morgan fingerprint density at radius 2 is 2.25 bits per heavy atom. The van der Waals surface area contributed by atoms with Crippen LogP contribution in [0.15, 0.2) is 18.2 Å². The highest BCUT2D eigenvalue weighted by Crippen LogP contribution is 2.07. The summed E-state index contributed by atoms with van der Waals surface area (Å²) < 4.78 is 12.9. The van der Waals surface area contributed by atoms with E-state index in [1.54, 1.807) is 14.1 Å². The van der Waals surface area contributed by atoms with Gasteiger partial charge in [0.2, 0.25) is 0 Å². The molecule has 1 radical (unpaired) electrons. The zero-order valence-electron chi connectivity index (χ0n) is 6.97. The molecule has 0 aliphatic heterocycles. The second-order valence-electron chi connectivity index (χ2n) is 2.61. The molecule has 3 heteroatoms. The Bertz CT molecular complexity index is 296. The topological polar surface area (TPSA) is 20.3 Å². The molecule has 0 aliphatic carbocycles. The molecule has 1 amide bonds. The number of hydrogen-bond acceptors (Lipinski definition) is 1. The number of halogens is 1. The molecule has 0 N–H and O–H groups in total. The molecule has 0 unspecified atom stereocenters. The predicted octanol–water partition coefficient (Wildman–Crippen LogP) is 1.33. The summed E-state index contributed by atoms with van der Waals surface area (Å²) in [6.07, 6.45) is 0. The van der Waals surface area contributed by atoms with E-state index in [1.807, 2.05) is 0 Å². The van der Waals surface area contributed by atoms with E-state index in [-0.39, 0.29) is 11.5 Å². The highest BCUT2D eigenvalue weighted by Gasteiger charge is 2.11. The van der Waals surface area contributed by atoms with Crippen LogP contribution in [0.5, 0.6) is 0 Å². The van der Waals surface area contributed by atoms with Gasteiger partial charge in [-0.15, -0.1) is 0 Å². The predicted molar refractivity (Wildman–Crippen MR) is 43.3 cm³/mol. The summed E-state index contributed by atoms with van der Waals surface area (Å²) in [7, 11) is 3.16. The standard InChI is InChI=1S/C9H9FNO/c1-11(2)9(12)7-5-3-4-6-8(7)10/h4-6H,1-2H3. The Hall–Kier alpha value is -1.38. The number of hydrogen-bond donors (Lipinski definition) is 0. The van der Waals surface area contributed by atoms with Crippen LogP contribution in [0.1, 0.15) is 10.4 Å². The molecular formula is C9H9FNO. The summed E-state index contributed by atoms with van der Waals surface area (Å²) >= 11 is 0. The first kappa shape index (κ1) is 8.71. The van der Waals surface area contributed by atoms with Crippen molar-refractivity contribution in [3.05, 3.63) is 35.6 Å². The fourth-order valence-electron chi connectivity index (χ4n) is 0.816. The molecule has 12 heavy (non-hydrogen) atoms. The van der Waals surface area contributed by atoms with Gasteiger partial charge < -0.3 is 4.90 Å². The molecule has 0 saturated heterocycles. The van der Waals surface area contributed by atoms with Gasteiger partial charge in [0.15, 0.2) is 0 Å². The van der Waals surface area contributed by atoms with E-state index in [9.17, 15) is 9.18 Å². The molecule has 1 aromatic carbocycles. The smallest absolute Gasteiger partial charge is 0.256 e. The molecule has 0 bridgehead atoms. The third-order valence-corrected chi connectivity index (χ3v) is 1.45. The van der Waals surface area contributed by atoms with Gasteiger partial charge in [-0.1, -0.05) is 6.07 Å². The van der Waals surface area contributed by atoms with Crippen molar-refractivity contribution in [3.8, 4) is 0 Å². The van der Waals surface area contributed by atoms with Gasteiger partial charge in [-0.05, 0) is 18.2 Å². The minimum atomic E-state index is -0.507. The Morgan fingerprint density at radius 3 is 2.75 bits per heavy atom. The van der Waals surface area contributed by atoms with Crippen molar-refractivity contribution in [3.63, 3.8) is 0 Å². The van der Waals surface area contributed by atoms with Gasteiger partial charge in [0.25, 0.3) is 5.91 Å². The molecule has 0 fully saturated rings. The minimum Gasteiger partial charge on any atom is -0.345 e. The first-order valence-electron chi connectivity index (χ1n) is 3.50. The van der Waals surface area contributed by atoms with Gasteiger partial charge in [0.05, 0.1) is 5.56 Å².